The highest BCUT2D eigenvalue weighted by atomic mass is 16.6. The SMILES string of the molecule is C=CC(=CC=CC(=O)O[C@@H]1CN[C@H](C(=O)N[C@]2(C(=O)OCC)C[C@H]2C=C)C1)[N+](=O)[O-]. The van der Waals surface area contributed by atoms with Gasteiger partial charge in [0, 0.05) is 37.1 Å². The normalized spacial score (nSPS) is 27.9. The molecule has 0 aromatic heterocycles. The third-order valence-electron chi connectivity index (χ3n) is 4.89. The van der Waals surface area contributed by atoms with Gasteiger partial charge in [0.15, 0.2) is 0 Å². The number of amides is 1. The van der Waals surface area contributed by atoms with E-state index in [-0.39, 0.29) is 37.1 Å². The first-order chi connectivity index (χ1) is 14.3. The molecule has 30 heavy (non-hydrogen) atoms. The second-order valence-corrected chi connectivity index (χ2v) is 6.89. The van der Waals surface area contributed by atoms with Gasteiger partial charge in [-0.1, -0.05) is 12.7 Å². The van der Waals surface area contributed by atoms with E-state index in [9.17, 15) is 24.5 Å². The summed E-state index contributed by atoms with van der Waals surface area (Å²) in [6.07, 6.45) is 6.14. The van der Waals surface area contributed by atoms with Crippen LogP contribution in [0, 0.1) is 16.0 Å². The highest BCUT2D eigenvalue weighted by molar-refractivity contribution is 5.93. The average molecular weight is 419 g/mol. The van der Waals surface area contributed by atoms with Crippen LogP contribution in [0.25, 0.3) is 0 Å². The van der Waals surface area contributed by atoms with Crippen molar-refractivity contribution in [2.75, 3.05) is 13.2 Å². The van der Waals surface area contributed by atoms with Gasteiger partial charge in [0.05, 0.1) is 17.6 Å². The van der Waals surface area contributed by atoms with E-state index in [2.05, 4.69) is 23.8 Å². The number of carbonyl (C=O) groups is 3. The van der Waals surface area contributed by atoms with Crippen LogP contribution < -0.4 is 10.6 Å². The molecule has 162 valence electrons. The summed E-state index contributed by atoms with van der Waals surface area (Å²) in [5, 5.41) is 16.4. The van der Waals surface area contributed by atoms with Crippen LogP contribution in [-0.4, -0.2) is 53.6 Å². The number of nitro groups is 1. The molecule has 1 saturated heterocycles. The minimum Gasteiger partial charge on any atom is -0.464 e. The Morgan fingerprint density at radius 3 is 2.67 bits per heavy atom. The topological polar surface area (TPSA) is 137 Å². The molecule has 1 aliphatic heterocycles. The number of allylic oxidation sites excluding steroid dienone is 3. The van der Waals surface area contributed by atoms with Crippen LogP contribution in [0.1, 0.15) is 19.8 Å². The molecule has 2 N–H and O–H groups in total. The van der Waals surface area contributed by atoms with E-state index < -0.39 is 34.5 Å². The Morgan fingerprint density at radius 2 is 2.10 bits per heavy atom. The Balaban J connectivity index is 1.87. The molecule has 0 aromatic carbocycles. The molecule has 1 saturated carbocycles. The summed E-state index contributed by atoms with van der Waals surface area (Å²) in [6, 6.07) is -0.633. The number of hydrogen-bond acceptors (Lipinski definition) is 8. The van der Waals surface area contributed by atoms with Gasteiger partial charge in [-0.05, 0) is 19.4 Å². The standard InChI is InChI=1S/C20H25N3O7/c1-4-13-11-20(13,19(26)29-6-3)22-18(25)16-10-15(12-21-16)30-17(24)9-7-8-14(5-2)23(27)28/h4-5,7-9,13,15-16,21H,1-2,6,10-12H2,3H3,(H,22,25)/t13-,15+,16+,20-/m1/s1. The first-order valence-corrected chi connectivity index (χ1v) is 9.48. The Hall–Kier alpha value is -3.27. The number of hydrogen-bond donors (Lipinski definition) is 2. The van der Waals surface area contributed by atoms with Crippen molar-refractivity contribution in [1.29, 1.82) is 0 Å². The number of ether oxygens (including phenoxy) is 2. The van der Waals surface area contributed by atoms with E-state index in [1.807, 2.05) is 0 Å². The lowest BCUT2D eigenvalue weighted by Crippen LogP contribution is -2.51. The molecule has 1 amide bonds. The molecule has 1 aliphatic carbocycles. The van der Waals surface area contributed by atoms with Crippen LogP contribution in [0.2, 0.25) is 0 Å². The Morgan fingerprint density at radius 1 is 1.37 bits per heavy atom. The number of esters is 2. The van der Waals surface area contributed by atoms with Crippen molar-refractivity contribution in [2.45, 2.75) is 37.5 Å². The molecule has 0 bridgehead atoms. The largest absolute Gasteiger partial charge is 0.464 e. The van der Waals surface area contributed by atoms with Crippen LogP contribution in [0.5, 0.6) is 0 Å². The van der Waals surface area contributed by atoms with E-state index >= 15 is 0 Å². The zero-order chi connectivity index (χ0) is 22.3. The summed E-state index contributed by atoms with van der Waals surface area (Å²) in [6.45, 7) is 9.14. The average Bonchev–Trinajstić information content (AvgIpc) is 3.22. The molecule has 0 aromatic rings. The number of nitrogens with one attached hydrogen (secondary N) is 2. The summed E-state index contributed by atoms with van der Waals surface area (Å²) in [5.41, 5.74) is -1.34. The fourth-order valence-corrected chi connectivity index (χ4v) is 3.19. The molecule has 0 radical (unpaired) electrons. The third kappa shape index (κ3) is 5.41. The minimum absolute atomic E-state index is 0.187. The van der Waals surface area contributed by atoms with Gasteiger partial charge in [0.1, 0.15) is 11.6 Å². The first kappa shape index (κ1) is 23.0. The van der Waals surface area contributed by atoms with Crippen molar-refractivity contribution in [3.63, 3.8) is 0 Å². The first-order valence-electron chi connectivity index (χ1n) is 9.48. The van der Waals surface area contributed by atoms with E-state index in [0.29, 0.717) is 6.42 Å². The quantitative estimate of drug-likeness (QED) is 0.132. The smallest absolute Gasteiger partial charge is 0.332 e. The third-order valence-corrected chi connectivity index (χ3v) is 4.89. The van der Waals surface area contributed by atoms with Gasteiger partial charge in [-0.15, -0.1) is 6.58 Å². The van der Waals surface area contributed by atoms with Gasteiger partial charge < -0.3 is 20.1 Å². The molecule has 2 fully saturated rings. The van der Waals surface area contributed by atoms with Crippen molar-refractivity contribution in [3.8, 4) is 0 Å². The van der Waals surface area contributed by atoms with Crippen molar-refractivity contribution in [1.82, 2.24) is 10.6 Å². The molecule has 2 aliphatic rings. The fourth-order valence-electron chi connectivity index (χ4n) is 3.19. The predicted octanol–water partition coefficient (Wildman–Crippen LogP) is 0.787. The molecule has 10 heteroatoms. The second-order valence-electron chi connectivity index (χ2n) is 6.89. The summed E-state index contributed by atoms with van der Waals surface area (Å²) in [7, 11) is 0. The van der Waals surface area contributed by atoms with Crippen molar-refractivity contribution >= 4 is 17.8 Å². The van der Waals surface area contributed by atoms with Crippen LogP contribution >= 0.6 is 0 Å². The zero-order valence-corrected chi connectivity index (χ0v) is 16.7. The summed E-state index contributed by atoms with van der Waals surface area (Å²) in [4.78, 5) is 46.7. The van der Waals surface area contributed by atoms with Crippen LogP contribution in [0.4, 0.5) is 0 Å². The van der Waals surface area contributed by atoms with E-state index in [1.54, 1.807) is 13.0 Å². The van der Waals surface area contributed by atoms with Crippen molar-refractivity contribution in [3.05, 3.63) is 59.3 Å². The predicted molar refractivity (Wildman–Crippen MR) is 107 cm³/mol. The van der Waals surface area contributed by atoms with Crippen molar-refractivity contribution in [2.24, 2.45) is 5.92 Å². The van der Waals surface area contributed by atoms with E-state index in [4.69, 9.17) is 9.47 Å². The van der Waals surface area contributed by atoms with Crippen LogP contribution in [-0.2, 0) is 23.9 Å². The van der Waals surface area contributed by atoms with Gasteiger partial charge >= 0.3 is 11.9 Å². The molecule has 2 rings (SSSR count). The van der Waals surface area contributed by atoms with Gasteiger partial charge in [0.2, 0.25) is 5.91 Å². The van der Waals surface area contributed by atoms with Crippen LogP contribution in [0.15, 0.2) is 49.2 Å². The van der Waals surface area contributed by atoms with Gasteiger partial charge in [-0.2, -0.15) is 0 Å². The molecule has 0 unspecified atom stereocenters. The highest BCUT2D eigenvalue weighted by Gasteiger charge is 2.61. The van der Waals surface area contributed by atoms with E-state index in [0.717, 1.165) is 18.2 Å². The lowest BCUT2D eigenvalue weighted by Gasteiger charge is -2.19. The molecule has 0 spiro atoms. The molecule has 4 atom stereocenters. The Bertz CT molecular complexity index is 804. The highest BCUT2D eigenvalue weighted by Crippen LogP contribution is 2.45. The van der Waals surface area contributed by atoms with E-state index in [1.165, 1.54) is 6.08 Å². The molecule has 1 heterocycles. The monoisotopic (exact) mass is 419 g/mol. The van der Waals surface area contributed by atoms with Gasteiger partial charge in [0.25, 0.3) is 5.70 Å². The lowest BCUT2D eigenvalue weighted by atomic mass is 10.1. The lowest BCUT2D eigenvalue weighted by molar-refractivity contribution is -0.418. The van der Waals surface area contributed by atoms with Crippen molar-refractivity contribution < 1.29 is 28.8 Å². The van der Waals surface area contributed by atoms with Gasteiger partial charge in [-0.25, -0.2) is 9.59 Å². The maximum absolute atomic E-state index is 12.6. The summed E-state index contributed by atoms with van der Waals surface area (Å²) >= 11 is 0. The minimum atomic E-state index is -1.08. The maximum atomic E-state index is 12.6. The fraction of sp³-hybridized carbons (Fsp3) is 0.450. The number of rotatable bonds is 10. The molecular formula is C20H25N3O7. The molecular weight excluding hydrogens is 394 g/mol. The summed E-state index contributed by atoms with van der Waals surface area (Å²) < 4.78 is 10.3. The van der Waals surface area contributed by atoms with Crippen LogP contribution in [0.3, 0.4) is 0 Å². The zero-order valence-electron chi connectivity index (χ0n) is 16.7. The maximum Gasteiger partial charge on any atom is 0.332 e. The van der Waals surface area contributed by atoms with Gasteiger partial charge in [-0.3, -0.25) is 14.9 Å². The second kappa shape index (κ2) is 9.97. The number of nitrogens with zero attached hydrogens (tertiary/aromatic N) is 1. The summed E-state index contributed by atoms with van der Waals surface area (Å²) in [5.74, 6) is -1.75. The molecule has 10 nitrogen and oxygen atoms in total. The Kier molecular flexibility index (Phi) is 7.65. The number of carbonyl (C=O) groups excluding carboxylic acids is 3. The Labute approximate surface area is 173 Å².